The van der Waals surface area contributed by atoms with Gasteiger partial charge in [-0.1, -0.05) is 0 Å². The third kappa shape index (κ3) is 3.73. The fourth-order valence-corrected chi connectivity index (χ4v) is 3.98. The van der Waals surface area contributed by atoms with Crippen LogP contribution in [0.3, 0.4) is 0 Å². The molecule has 1 aliphatic heterocycles. The van der Waals surface area contributed by atoms with E-state index in [2.05, 4.69) is 0 Å². The molecule has 0 aliphatic carbocycles. The quantitative estimate of drug-likeness (QED) is 0.765. The third-order valence-electron chi connectivity index (χ3n) is 4.29. The molecule has 0 spiro atoms. The molecule has 0 amide bonds. The van der Waals surface area contributed by atoms with Crippen LogP contribution in [0, 0.1) is 12.8 Å². The van der Waals surface area contributed by atoms with Gasteiger partial charge in [-0.3, -0.25) is 4.79 Å². The SMILES string of the molecule is COc1ccc(C(=O)C2CCN(S(=O)(=O)N(C)C)CC2)cc1C. The average Bonchev–Trinajstić information content (AvgIpc) is 2.54. The molecule has 0 aromatic heterocycles. The number of benzene rings is 1. The zero-order chi connectivity index (χ0) is 17.2. The first-order chi connectivity index (χ1) is 10.8. The Morgan fingerprint density at radius 3 is 2.35 bits per heavy atom. The first-order valence-corrected chi connectivity index (χ1v) is 9.03. The Labute approximate surface area is 138 Å². The van der Waals surface area contributed by atoms with E-state index in [1.165, 1.54) is 22.7 Å². The average molecular weight is 340 g/mol. The molecule has 1 aliphatic rings. The third-order valence-corrected chi connectivity index (χ3v) is 6.23. The normalized spacial score (nSPS) is 17.4. The van der Waals surface area contributed by atoms with E-state index < -0.39 is 10.2 Å². The van der Waals surface area contributed by atoms with Gasteiger partial charge in [0.05, 0.1) is 7.11 Å². The monoisotopic (exact) mass is 340 g/mol. The highest BCUT2D eigenvalue weighted by atomic mass is 32.2. The van der Waals surface area contributed by atoms with E-state index in [9.17, 15) is 13.2 Å². The Bertz CT molecular complexity index is 677. The van der Waals surface area contributed by atoms with Crippen LogP contribution < -0.4 is 4.74 Å². The summed E-state index contributed by atoms with van der Waals surface area (Å²) in [7, 11) is 1.25. The number of carbonyl (C=O) groups excluding carboxylic acids is 1. The van der Waals surface area contributed by atoms with Gasteiger partial charge in [-0.25, -0.2) is 0 Å². The number of piperidine rings is 1. The first kappa shape index (κ1) is 17.9. The van der Waals surface area contributed by atoms with E-state index in [-0.39, 0.29) is 11.7 Å². The van der Waals surface area contributed by atoms with Crippen LogP contribution in [0.5, 0.6) is 5.75 Å². The molecule has 1 fully saturated rings. The standard InChI is InChI=1S/C16H24N2O4S/c1-12-11-14(5-6-15(12)22-4)16(19)13-7-9-18(10-8-13)23(20,21)17(2)3/h5-6,11,13H,7-10H2,1-4H3. The Kier molecular flexibility index (Phi) is 5.44. The molecule has 1 saturated heterocycles. The summed E-state index contributed by atoms with van der Waals surface area (Å²) in [6.45, 7) is 2.67. The summed E-state index contributed by atoms with van der Waals surface area (Å²) >= 11 is 0. The minimum atomic E-state index is -3.39. The van der Waals surface area contributed by atoms with Crippen LogP contribution in [0.25, 0.3) is 0 Å². The van der Waals surface area contributed by atoms with Gasteiger partial charge in [0.15, 0.2) is 5.78 Å². The molecule has 2 rings (SSSR count). The second kappa shape index (κ2) is 6.98. The van der Waals surface area contributed by atoms with Crippen LogP contribution in [0.2, 0.25) is 0 Å². The number of carbonyl (C=O) groups is 1. The van der Waals surface area contributed by atoms with Crippen molar-refractivity contribution in [3.05, 3.63) is 29.3 Å². The van der Waals surface area contributed by atoms with Gasteiger partial charge in [-0.15, -0.1) is 0 Å². The first-order valence-electron chi connectivity index (χ1n) is 7.64. The molecule has 1 aromatic rings. The van der Waals surface area contributed by atoms with E-state index in [1.54, 1.807) is 19.2 Å². The molecule has 1 heterocycles. The minimum absolute atomic E-state index is 0.0812. The number of ether oxygens (including phenoxy) is 1. The van der Waals surface area contributed by atoms with Crippen LogP contribution >= 0.6 is 0 Å². The van der Waals surface area contributed by atoms with E-state index in [1.807, 2.05) is 13.0 Å². The van der Waals surface area contributed by atoms with Crippen molar-refractivity contribution in [3.63, 3.8) is 0 Å². The molecule has 0 bridgehead atoms. The number of ketones is 1. The highest BCUT2D eigenvalue weighted by Gasteiger charge is 2.32. The lowest BCUT2D eigenvalue weighted by Crippen LogP contribution is -2.45. The maximum Gasteiger partial charge on any atom is 0.281 e. The summed E-state index contributed by atoms with van der Waals surface area (Å²) in [6.07, 6.45) is 1.11. The Balaban J connectivity index is 2.05. The van der Waals surface area contributed by atoms with Gasteiger partial charge in [-0.2, -0.15) is 17.0 Å². The van der Waals surface area contributed by atoms with E-state index in [0.29, 0.717) is 31.5 Å². The minimum Gasteiger partial charge on any atom is -0.496 e. The Morgan fingerprint density at radius 1 is 1.26 bits per heavy atom. The van der Waals surface area contributed by atoms with Gasteiger partial charge in [0.2, 0.25) is 0 Å². The van der Waals surface area contributed by atoms with Gasteiger partial charge < -0.3 is 4.74 Å². The summed E-state index contributed by atoms with van der Waals surface area (Å²) in [5.41, 5.74) is 1.59. The largest absolute Gasteiger partial charge is 0.496 e. The van der Waals surface area contributed by atoms with E-state index in [0.717, 1.165) is 11.3 Å². The number of rotatable bonds is 5. The summed E-state index contributed by atoms with van der Waals surface area (Å²) in [5.74, 6) is 0.711. The maximum atomic E-state index is 12.6. The van der Waals surface area contributed by atoms with Gasteiger partial charge in [0, 0.05) is 38.7 Å². The second-order valence-electron chi connectivity index (χ2n) is 6.01. The number of hydrogen-bond donors (Lipinski definition) is 0. The molecule has 0 radical (unpaired) electrons. The van der Waals surface area contributed by atoms with Crippen molar-refractivity contribution in [1.29, 1.82) is 0 Å². The molecule has 7 heteroatoms. The number of hydrogen-bond acceptors (Lipinski definition) is 4. The zero-order valence-corrected chi connectivity index (χ0v) is 14.9. The molecular weight excluding hydrogens is 316 g/mol. The fourth-order valence-electron chi connectivity index (χ4n) is 2.85. The highest BCUT2D eigenvalue weighted by Crippen LogP contribution is 2.26. The lowest BCUT2D eigenvalue weighted by atomic mass is 9.89. The van der Waals surface area contributed by atoms with Crippen LogP contribution in [0.1, 0.15) is 28.8 Å². The van der Waals surface area contributed by atoms with Crippen molar-refractivity contribution >= 4 is 16.0 Å². The molecule has 128 valence electrons. The second-order valence-corrected chi connectivity index (χ2v) is 8.15. The topological polar surface area (TPSA) is 66.9 Å². The van der Waals surface area contributed by atoms with Crippen molar-refractivity contribution in [2.75, 3.05) is 34.3 Å². The lowest BCUT2D eigenvalue weighted by molar-refractivity contribution is 0.0873. The summed E-state index contributed by atoms with van der Waals surface area (Å²) in [6, 6.07) is 5.41. The van der Waals surface area contributed by atoms with Crippen LogP contribution in [-0.2, 0) is 10.2 Å². The number of nitrogens with zero attached hydrogens (tertiary/aromatic N) is 2. The predicted molar refractivity (Wildman–Crippen MR) is 89.0 cm³/mol. The van der Waals surface area contributed by atoms with Crippen molar-refractivity contribution in [2.24, 2.45) is 5.92 Å². The maximum absolute atomic E-state index is 12.6. The van der Waals surface area contributed by atoms with Crippen LogP contribution in [0.15, 0.2) is 18.2 Å². The van der Waals surface area contributed by atoms with Crippen molar-refractivity contribution in [1.82, 2.24) is 8.61 Å². The number of Topliss-reactive ketones (excluding diaryl/α,β-unsaturated/α-hetero) is 1. The zero-order valence-electron chi connectivity index (χ0n) is 14.1. The molecule has 0 atom stereocenters. The van der Waals surface area contributed by atoms with Gasteiger partial charge in [0.25, 0.3) is 10.2 Å². The van der Waals surface area contributed by atoms with E-state index in [4.69, 9.17) is 4.74 Å². The Hall–Kier alpha value is -1.44. The smallest absolute Gasteiger partial charge is 0.281 e. The van der Waals surface area contributed by atoms with Crippen molar-refractivity contribution < 1.29 is 17.9 Å². The molecular formula is C16H24N2O4S. The fraction of sp³-hybridized carbons (Fsp3) is 0.562. The van der Waals surface area contributed by atoms with Gasteiger partial charge in [0.1, 0.15) is 5.75 Å². The summed E-state index contributed by atoms with van der Waals surface area (Å²) in [5, 5.41) is 0. The van der Waals surface area contributed by atoms with Gasteiger partial charge in [-0.05, 0) is 43.5 Å². The summed E-state index contributed by atoms with van der Waals surface area (Å²) < 4.78 is 32.1. The molecule has 0 unspecified atom stereocenters. The molecule has 0 saturated carbocycles. The summed E-state index contributed by atoms with van der Waals surface area (Å²) in [4.78, 5) is 12.6. The molecule has 23 heavy (non-hydrogen) atoms. The number of methoxy groups -OCH3 is 1. The van der Waals surface area contributed by atoms with Crippen molar-refractivity contribution in [2.45, 2.75) is 19.8 Å². The van der Waals surface area contributed by atoms with Crippen LogP contribution in [-0.4, -0.2) is 57.1 Å². The molecule has 6 nitrogen and oxygen atoms in total. The Morgan fingerprint density at radius 2 is 1.87 bits per heavy atom. The molecule has 1 aromatic carbocycles. The predicted octanol–water partition coefficient (Wildman–Crippen LogP) is 1.70. The van der Waals surface area contributed by atoms with E-state index >= 15 is 0 Å². The molecule has 0 N–H and O–H groups in total. The van der Waals surface area contributed by atoms with Gasteiger partial charge >= 0.3 is 0 Å². The van der Waals surface area contributed by atoms with Crippen molar-refractivity contribution in [3.8, 4) is 5.75 Å². The highest BCUT2D eigenvalue weighted by molar-refractivity contribution is 7.86. The van der Waals surface area contributed by atoms with Crippen LogP contribution in [0.4, 0.5) is 0 Å². The number of aryl methyl sites for hydroxylation is 1. The lowest BCUT2D eigenvalue weighted by Gasteiger charge is -2.32.